The molecule has 1 heterocycles. The van der Waals surface area contributed by atoms with Gasteiger partial charge in [-0.1, -0.05) is 0 Å². The number of fused-ring (bicyclic) bond motifs is 1. The highest BCUT2D eigenvalue weighted by Gasteiger charge is 2.42. The second kappa shape index (κ2) is 3.95. The Labute approximate surface area is 79.5 Å². The fourth-order valence-electron chi connectivity index (χ4n) is 2.35. The SMILES string of the molecule is C[C@@H](O)CNC1CC2OCCCC12. The van der Waals surface area contributed by atoms with Gasteiger partial charge in [0.1, 0.15) is 0 Å². The number of hydrogen-bond acceptors (Lipinski definition) is 3. The minimum atomic E-state index is -0.233. The average molecular weight is 185 g/mol. The van der Waals surface area contributed by atoms with Crippen LogP contribution in [-0.4, -0.2) is 36.5 Å². The lowest BCUT2D eigenvalue weighted by Crippen LogP contribution is -2.57. The molecule has 2 aliphatic rings. The first-order chi connectivity index (χ1) is 6.27. The fourth-order valence-corrected chi connectivity index (χ4v) is 2.35. The predicted molar refractivity (Wildman–Crippen MR) is 50.6 cm³/mol. The number of hydrogen-bond donors (Lipinski definition) is 2. The van der Waals surface area contributed by atoms with E-state index in [0.717, 1.165) is 13.0 Å². The van der Waals surface area contributed by atoms with Crippen LogP contribution in [0.25, 0.3) is 0 Å². The summed E-state index contributed by atoms with van der Waals surface area (Å²) in [6.45, 7) is 3.48. The van der Waals surface area contributed by atoms with E-state index in [2.05, 4.69) is 5.32 Å². The molecule has 3 nitrogen and oxygen atoms in total. The molecule has 76 valence electrons. The van der Waals surface area contributed by atoms with E-state index in [4.69, 9.17) is 9.84 Å². The van der Waals surface area contributed by atoms with Crippen LogP contribution in [0.15, 0.2) is 0 Å². The summed E-state index contributed by atoms with van der Waals surface area (Å²) >= 11 is 0. The highest BCUT2D eigenvalue weighted by atomic mass is 16.5. The summed E-state index contributed by atoms with van der Waals surface area (Å²) in [6.07, 6.45) is 3.91. The lowest BCUT2D eigenvalue weighted by atomic mass is 9.72. The third-order valence-corrected chi connectivity index (χ3v) is 3.17. The zero-order chi connectivity index (χ0) is 9.26. The van der Waals surface area contributed by atoms with E-state index in [0.29, 0.717) is 24.6 Å². The quantitative estimate of drug-likeness (QED) is 0.673. The van der Waals surface area contributed by atoms with Gasteiger partial charge < -0.3 is 15.2 Å². The minimum Gasteiger partial charge on any atom is -0.392 e. The van der Waals surface area contributed by atoms with Crippen LogP contribution in [0, 0.1) is 5.92 Å². The Morgan fingerprint density at radius 1 is 1.62 bits per heavy atom. The van der Waals surface area contributed by atoms with Gasteiger partial charge >= 0.3 is 0 Å². The molecule has 0 radical (unpaired) electrons. The van der Waals surface area contributed by atoms with Crippen LogP contribution in [0.1, 0.15) is 26.2 Å². The molecule has 13 heavy (non-hydrogen) atoms. The van der Waals surface area contributed by atoms with Gasteiger partial charge in [-0.3, -0.25) is 0 Å². The molecule has 0 spiro atoms. The molecular formula is C10H19NO2. The molecule has 2 N–H and O–H groups in total. The maximum atomic E-state index is 9.12. The molecule has 0 amide bonds. The Hall–Kier alpha value is -0.120. The van der Waals surface area contributed by atoms with Crippen molar-refractivity contribution in [2.75, 3.05) is 13.2 Å². The maximum Gasteiger partial charge on any atom is 0.0636 e. The van der Waals surface area contributed by atoms with Crippen molar-refractivity contribution in [3.8, 4) is 0 Å². The molecule has 2 rings (SSSR count). The van der Waals surface area contributed by atoms with Crippen molar-refractivity contribution < 1.29 is 9.84 Å². The van der Waals surface area contributed by atoms with Crippen LogP contribution in [0.3, 0.4) is 0 Å². The predicted octanol–water partition coefficient (Wildman–Crippen LogP) is 0.524. The van der Waals surface area contributed by atoms with Crippen molar-refractivity contribution in [1.82, 2.24) is 5.32 Å². The Morgan fingerprint density at radius 3 is 3.15 bits per heavy atom. The van der Waals surface area contributed by atoms with Gasteiger partial charge in [0, 0.05) is 25.1 Å². The first-order valence-corrected chi connectivity index (χ1v) is 5.30. The van der Waals surface area contributed by atoms with E-state index in [1.54, 1.807) is 0 Å². The van der Waals surface area contributed by atoms with Gasteiger partial charge in [-0.25, -0.2) is 0 Å². The van der Waals surface area contributed by atoms with Crippen molar-refractivity contribution in [2.45, 2.75) is 44.4 Å². The Morgan fingerprint density at radius 2 is 2.46 bits per heavy atom. The van der Waals surface area contributed by atoms with Gasteiger partial charge in [-0.2, -0.15) is 0 Å². The summed E-state index contributed by atoms with van der Waals surface area (Å²) in [4.78, 5) is 0. The Balaban J connectivity index is 1.71. The first-order valence-electron chi connectivity index (χ1n) is 5.30. The number of rotatable bonds is 3. The van der Waals surface area contributed by atoms with E-state index in [1.807, 2.05) is 6.92 Å². The zero-order valence-corrected chi connectivity index (χ0v) is 8.20. The van der Waals surface area contributed by atoms with Crippen LogP contribution in [0.5, 0.6) is 0 Å². The Kier molecular flexibility index (Phi) is 2.86. The van der Waals surface area contributed by atoms with E-state index in [9.17, 15) is 0 Å². The second-order valence-electron chi connectivity index (χ2n) is 4.31. The van der Waals surface area contributed by atoms with Crippen molar-refractivity contribution in [1.29, 1.82) is 0 Å². The average Bonchev–Trinajstić information content (AvgIpc) is 2.06. The molecular weight excluding hydrogens is 166 g/mol. The molecule has 4 atom stereocenters. The molecule has 1 saturated carbocycles. The van der Waals surface area contributed by atoms with E-state index < -0.39 is 0 Å². The molecule has 1 saturated heterocycles. The van der Waals surface area contributed by atoms with Crippen molar-refractivity contribution in [3.63, 3.8) is 0 Å². The molecule has 2 fully saturated rings. The van der Waals surface area contributed by atoms with E-state index in [1.165, 1.54) is 12.8 Å². The largest absolute Gasteiger partial charge is 0.392 e. The van der Waals surface area contributed by atoms with Gasteiger partial charge in [-0.15, -0.1) is 0 Å². The normalized spacial score (nSPS) is 40.6. The minimum absolute atomic E-state index is 0.233. The van der Waals surface area contributed by atoms with Crippen molar-refractivity contribution >= 4 is 0 Å². The lowest BCUT2D eigenvalue weighted by Gasteiger charge is -2.47. The van der Waals surface area contributed by atoms with Crippen molar-refractivity contribution in [3.05, 3.63) is 0 Å². The number of ether oxygens (including phenoxy) is 1. The smallest absolute Gasteiger partial charge is 0.0636 e. The molecule has 0 bridgehead atoms. The van der Waals surface area contributed by atoms with E-state index in [-0.39, 0.29) is 6.10 Å². The fraction of sp³-hybridized carbons (Fsp3) is 1.00. The molecule has 0 aromatic heterocycles. The maximum absolute atomic E-state index is 9.12. The summed E-state index contributed by atoms with van der Waals surface area (Å²) < 4.78 is 5.61. The first kappa shape index (κ1) is 9.44. The van der Waals surface area contributed by atoms with Crippen LogP contribution >= 0.6 is 0 Å². The molecule has 0 aromatic carbocycles. The molecule has 0 aromatic rings. The highest BCUT2D eigenvalue weighted by Crippen LogP contribution is 2.37. The third-order valence-electron chi connectivity index (χ3n) is 3.17. The third kappa shape index (κ3) is 2.03. The van der Waals surface area contributed by atoms with Gasteiger partial charge in [0.25, 0.3) is 0 Å². The van der Waals surface area contributed by atoms with Crippen molar-refractivity contribution in [2.24, 2.45) is 5.92 Å². The summed E-state index contributed by atoms with van der Waals surface area (Å²) in [5.41, 5.74) is 0. The standard InChI is InChI=1S/C10H19NO2/c1-7(12)6-11-9-5-10-8(9)3-2-4-13-10/h7-12H,2-6H2,1H3/t7-,8?,9?,10?/m1/s1. The van der Waals surface area contributed by atoms with Crippen LogP contribution in [0.4, 0.5) is 0 Å². The molecule has 1 aliphatic heterocycles. The zero-order valence-electron chi connectivity index (χ0n) is 8.20. The number of nitrogens with one attached hydrogen (secondary N) is 1. The lowest BCUT2D eigenvalue weighted by molar-refractivity contribution is -0.104. The molecule has 3 heteroatoms. The highest BCUT2D eigenvalue weighted by molar-refractivity contribution is 4.97. The van der Waals surface area contributed by atoms with Crippen LogP contribution in [0.2, 0.25) is 0 Å². The van der Waals surface area contributed by atoms with Gasteiger partial charge in [-0.05, 0) is 26.2 Å². The van der Waals surface area contributed by atoms with Gasteiger partial charge in [0.2, 0.25) is 0 Å². The van der Waals surface area contributed by atoms with E-state index >= 15 is 0 Å². The summed E-state index contributed by atoms with van der Waals surface area (Å²) in [5, 5.41) is 12.5. The summed E-state index contributed by atoms with van der Waals surface area (Å²) in [7, 11) is 0. The summed E-state index contributed by atoms with van der Waals surface area (Å²) in [6, 6.07) is 0.597. The van der Waals surface area contributed by atoms with Gasteiger partial charge in [0.15, 0.2) is 0 Å². The number of aliphatic hydroxyl groups excluding tert-OH is 1. The molecule has 1 aliphatic carbocycles. The summed E-state index contributed by atoms with van der Waals surface area (Å²) in [5.74, 6) is 0.715. The van der Waals surface area contributed by atoms with Gasteiger partial charge in [0.05, 0.1) is 12.2 Å². The number of aliphatic hydroxyl groups is 1. The second-order valence-corrected chi connectivity index (χ2v) is 4.31. The topological polar surface area (TPSA) is 41.5 Å². The molecule has 3 unspecified atom stereocenters. The van der Waals surface area contributed by atoms with Crippen LogP contribution < -0.4 is 5.32 Å². The monoisotopic (exact) mass is 185 g/mol. The van der Waals surface area contributed by atoms with Crippen LogP contribution in [-0.2, 0) is 4.74 Å². The Bertz CT molecular complexity index is 172.